The van der Waals surface area contributed by atoms with Gasteiger partial charge in [0.1, 0.15) is 6.04 Å². The van der Waals surface area contributed by atoms with Gasteiger partial charge in [-0.05, 0) is 36.8 Å². The third-order valence-electron chi connectivity index (χ3n) is 3.92. The van der Waals surface area contributed by atoms with Crippen LogP contribution in [0.15, 0.2) is 42.5 Å². The highest BCUT2D eigenvalue weighted by Gasteiger charge is 2.33. The highest BCUT2D eigenvalue weighted by atomic mass is 35.5. The van der Waals surface area contributed by atoms with Crippen molar-refractivity contribution in [1.82, 2.24) is 0 Å². The average molecular weight is 364 g/mol. The van der Waals surface area contributed by atoms with Gasteiger partial charge in [-0.1, -0.05) is 35.3 Å². The van der Waals surface area contributed by atoms with Crippen LogP contribution in [0, 0.1) is 0 Å². The van der Waals surface area contributed by atoms with Crippen LogP contribution in [0.25, 0.3) is 0 Å². The van der Waals surface area contributed by atoms with Crippen LogP contribution in [-0.2, 0) is 4.79 Å². The Labute approximate surface area is 149 Å². The molecule has 0 saturated carbocycles. The van der Waals surface area contributed by atoms with Gasteiger partial charge in [-0.15, -0.1) is 0 Å². The highest BCUT2D eigenvalue weighted by Crippen LogP contribution is 2.30. The van der Waals surface area contributed by atoms with E-state index in [1.807, 2.05) is 18.2 Å². The van der Waals surface area contributed by atoms with Crippen molar-refractivity contribution < 1.29 is 9.59 Å². The maximum atomic E-state index is 12.6. The van der Waals surface area contributed by atoms with E-state index in [1.165, 1.54) is 6.07 Å². The van der Waals surface area contributed by atoms with E-state index in [0.29, 0.717) is 29.4 Å². The molecule has 1 atom stereocenters. The topological polar surface area (TPSA) is 75.4 Å². The molecule has 2 amide bonds. The van der Waals surface area contributed by atoms with Crippen molar-refractivity contribution in [1.29, 1.82) is 0 Å². The number of carbonyl (C=O) groups excluding carboxylic acids is 2. The van der Waals surface area contributed by atoms with Crippen molar-refractivity contribution in [3.63, 3.8) is 0 Å². The summed E-state index contributed by atoms with van der Waals surface area (Å²) < 4.78 is 0. The zero-order valence-corrected chi connectivity index (χ0v) is 14.1. The van der Waals surface area contributed by atoms with Crippen LogP contribution in [0.5, 0.6) is 0 Å². The van der Waals surface area contributed by atoms with Crippen molar-refractivity contribution >= 4 is 46.4 Å². The second-order valence-electron chi connectivity index (χ2n) is 5.49. The van der Waals surface area contributed by atoms with E-state index in [-0.39, 0.29) is 22.5 Å². The standard InChI is InChI=1S/C17H15Cl2N3O2/c18-12-3-1-2-4-15(12)22-8-7-14(17(22)24)21-10-5-6-11(16(20)23)13(19)9-10/h1-6,9,14,21H,7-8H2,(H2,20,23). The molecule has 3 rings (SSSR count). The Morgan fingerprint density at radius 3 is 2.58 bits per heavy atom. The van der Waals surface area contributed by atoms with Crippen LogP contribution in [0.3, 0.4) is 0 Å². The fourth-order valence-electron chi connectivity index (χ4n) is 2.73. The molecule has 1 unspecified atom stereocenters. The maximum absolute atomic E-state index is 12.6. The molecule has 0 bridgehead atoms. The van der Waals surface area contributed by atoms with Crippen LogP contribution < -0.4 is 16.0 Å². The Hall–Kier alpha value is -2.24. The summed E-state index contributed by atoms with van der Waals surface area (Å²) in [4.78, 5) is 25.5. The van der Waals surface area contributed by atoms with Crippen LogP contribution in [0.4, 0.5) is 11.4 Å². The maximum Gasteiger partial charge on any atom is 0.250 e. The van der Waals surface area contributed by atoms with E-state index >= 15 is 0 Å². The molecule has 5 nitrogen and oxygen atoms in total. The number of carbonyl (C=O) groups is 2. The summed E-state index contributed by atoms with van der Waals surface area (Å²) in [6.07, 6.45) is 0.638. The van der Waals surface area contributed by atoms with Crippen LogP contribution >= 0.6 is 23.2 Å². The van der Waals surface area contributed by atoms with E-state index in [2.05, 4.69) is 5.32 Å². The number of nitrogens with two attached hydrogens (primary N) is 1. The van der Waals surface area contributed by atoms with Gasteiger partial charge in [-0.3, -0.25) is 9.59 Å². The van der Waals surface area contributed by atoms with Gasteiger partial charge in [0.15, 0.2) is 0 Å². The van der Waals surface area contributed by atoms with Gasteiger partial charge in [0, 0.05) is 12.2 Å². The van der Waals surface area contributed by atoms with Crippen molar-refractivity contribution in [2.75, 3.05) is 16.8 Å². The zero-order chi connectivity index (χ0) is 17.3. The molecular formula is C17H15Cl2N3O2. The molecule has 0 spiro atoms. The largest absolute Gasteiger partial charge is 0.374 e. The van der Waals surface area contributed by atoms with Gasteiger partial charge < -0.3 is 16.0 Å². The van der Waals surface area contributed by atoms with Crippen molar-refractivity contribution in [3.05, 3.63) is 58.1 Å². The lowest BCUT2D eigenvalue weighted by Crippen LogP contribution is -2.33. The quantitative estimate of drug-likeness (QED) is 0.874. The summed E-state index contributed by atoms with van der Waals surface area (Å²) in [5, 5.41) is 3.94. The lowest BCUT2D eigenvalue weighted by molar-refractivity contribution is -0.117. The minimum atomic E-state index is -0.589. The Balaban J connectivity index is 1.76. The van der Waals surface area contributed by atoms with Gasteiger partial charge in [0.25, 0.3) is 0 Å². The van der Waals surface area contributed by atoms with E-state index < -0.39 is 5.91 Å². The van der Waals surface area contributed by atoms with Crippen LogP contribution in [-0.4, -0.2) is 24.4 Å². The molecule has 0 aliphatic carbocycles. The number of anilines is 2. The fraction of sp³-hybridized carbons (Fsp3) is 0.176. The molecule has 1 fully saturated rings. The summed E-state index contributed by atoms with van der Waals surface area (Å²) in [7, 11) is 0. The Morgan fingerprint density at radius 1 is 1.17 bits per heavy atom. The van der Waals surface area contributed by atoms with Crippen LogP contribution in [0.1, 0.15) is 16.8 Å². The van der Waals surface area contributed by atoms with Crippen molar-refractivity contribution in [3.8, 4) is 0 Å². The second-order valence-corrected chi connectivity index (χ2v) is 6.30. The molecule has 2 aromatic carbocycles. The van der Waals surface area contributed by atoms with E-state index in [4.69, 9.17) is 28.9 Å². The average Bonchev–Trinajstić information content (AvgIpc) is 2.88. The van der Waals surface area contributed by atoms with Gasteiger partial charge >= 0.3 is 0 Å². The summed E-state index contributed by atoms with van der Waals surface area (Å²) in [5.74, 6) is -0.647. The summed E-state index contributed by atoms with van der Waals surface area (Å²) >= 11 is 12.2. The molecule has 1 aliphatic rings. The van der Waals surface area contributed by atoms with Crippen LogP contribution in [0.2, 0.25) is 10.0 Å². The summed E-state index contributed by atoms with van der Waals surface area (Å²) in [5.41, 5.74) is 6.84. The summed E-state index contributed by atoms with van der Waals surface area (Å²) in [6, 6.07) is 11.7. The highest BCUT2D eigenvalue weighted by molar-refractivity contribution is 6.34. The number of hydrogen-bond acceptors (Lipinski definition) is 3. The molecule has 124 valence electrons. The number of amides is 2. The number of nitrogens with one attached hydrogen (secondary N) is 1. The van der Waals surface area contributed by atoms with Crippen molar-refractivity contribution in [2.24, 2.45) is 5.73 Å². The van der Waals surface area contributed by atoms with E-state index in [0.717, 1.165) is 0 Å². The molecule has 2 aromatic rings. The first kappa shape index (κ1) is 16.6. The number of rotatable bonds is 4. The normalized spacial score (nSPS) is 17.2. The van der Waals surface area contributed by atoms with Gasteiger partial charge in [-0.25, -0.2) is 0 Å². The number of nitrogens with zero attached hydrogens (tertiary/aromatic N) is 1. The number of halogens is 2. The minimum absolute atomic E-state index is 0.0572. The first-order chi connectivity index (χ1) is 11.5. The van der Waals surface area contributed by atoms with E-state index in [1.54, 1.807) is 23.1 Å². The van der Waals surface area contributed by atoms with Gasteiger partial charge in [0.05, 0.1) is 21.3 Å². The molecule has 1 heterocycles. The zero-order valence-electron chi connectivity index (χ0n) is 12.6. The Bertz CT molecular complexity index is 810. The number of primary amides is 1. The van der Waals surface area contributed by atoms with Gasteiger partial charge in [0.2, 0.25) is 11.8 Å². The molecule has 24 heavy (non-hydrogen) atoms. The summed E-state index contributed by atoms with van der Waals surface area (Å²) in [6.45, 7) is 0.577. The molecule has 7 heteroatoms. The van der Waals surface area contributed by atoms with Gasteiger partial charge in [-0.2, -0.15) is 0 Å². The molecule has 0 radical (unpaired) electrons. The molecule has 3 N–H and O–H groups in total. The SMILES string of the molecule is NC(=O)c1ccc(NC2CCN(c3ccccc3Cl)C2=O)cc1Cl. The van der Waals surface area contributed by atoms with E-state index in [9.17, 15) is 9.59 Å². The monoisotopic (exact) mass is 363 g/mol. The predicted octanol–water partition coefficient (Wildman–Crippen LogP) is 3.31. The molecule has 0 aromatic heterocycles. The molecule has 1 saturated heterocycles. The number of para-hydroxylation sites is 1. The third kappa shape index (κ3) is 3.18. The van der Waals surface area contributed by atoms with Crippen molar-refractivity contribution in [2.45, 2.75) is 12.5 Å². The minimum Gasteiger partial charge on any atom is -0.374 e. The first-order valence-electron chi connectivity index (χ1n) is 7.39. The second kappa shape index (κ2) is 6.71. The lowest BCUT2D eigenvalue weighted by Gasteiger charge is -2.19. The molecule has 1 aliphatic heterocycles. The Kier molecular flexibility index (Phi) is 4.64. The lowest BCUT2D eigenvalue weighted by atomic mass is 10.1. The Morgan fingerprint density at radius 2 is 1.92 bits per heavy atom. The predicted molar refractivity (Wildman–Crippen MR) is 95.8 cm³/mol. The first-order valence-corrected chi connectivity index (χ1v) is 8.15. The third-order valence-corrected chi connectivity index (χ3v) is 4.56. The fourth-order valence-corrected chi connectivity index (χ4v) is 3.24. The smallest absolute Gasteiger partial charge is 0.250 e. The number of hydrogen-bond donors (Lipinski definition) is 2. The molecular weight excluding hydrogens is 349 g/mol. The number of benzene rings is 2.